The van der Waals surface area contributed by atoms with Crippen molar-refractivity contribution in [3.05, 3.63) is 66.0 Å². The Hall–Kier alpha value is -2.99. The van der Waals surface area contributed by atoms with Crippen molar-refractivity contribution in [1.82, 2.24) is 20.2 Å². The second-order valence-corrected chi connectivity index (χ2v) is 7.16. The van der Waals surface area contributed by atoms with Gasteiger partial charge in [0.1, 0.15) is 5.75 Å². The molecular weight excluding hydrogens is 340 g/mol. The molecule has 0 unspecified atom stereocenters. The summed E-state index contributed by atoms with van der Waals surface area (Å²) in [6, 6.07) is 13.6. The third-order valence-corrected chi connectivity index (χ3v) is 5.42. The van der Waals surface area contributed by atoms with Crippen LogP contribution in [0.15, 0.2) is 54.9 Å². The zero-order valence-corrected chi connectivity index (χ0v) is 14.9. The van der Waals surface area contributed by atoms with Crippen molar-refractivity contribution < 1.29 is 9.53 Å². The van der Waals surface area contributed by atoms with Gasteiger partial charge in [-0.15, -0.1) is 0 Å². The first-order valence-electron chi connectivity index (χ1n) is 9.24. The fourth-order valence-electron chi connectivity index (χ4n) is 3.97. The highest BCUT2D eigenvalue weighted by atomic mass is 16.5. The number of piperidine rings is 1. The number of fused-ring (bicyclic) bond motifs is 2. The van der Waals surface area contributed by atoms with E-state index in [0.29, 0.717) is 11.3 Å². The Morgan fingerprint density at radius 1 is 1.04 bits per heavy atom. The standard InChI is InChI=1S/C21H20N4O2/c26-20-16-5-1-2-7-18(16)27-21(24-20)8-12-25(13-9-21)14-15-4-3-6-17-19(15)23-11-10-22-17/h1-7,10-11H,8-9,12-14H2,(H,24,26). The van der Waals surface area contributed by atoms with Crippen molar-refractivity contribution >= 4 is 16.9 Å². The number of rotatable bonds is 2. The first-order valence-corrected chi connectivity index (χ1v) is 9.24. The number of carbonyl (C=O) groups excluding carboxylic acids is 1. The van der Waals surface area contributed by atoms with Crippen LogP contribution in [-0.4, -0.2) is 39.6 Å². The lowest BCUT2D eigenvalue weighted by Crippen LogP contribution is -2.60. The number of nitrogens with one attached hydrogen (secondary N) is 1. The monoisotopic (exact) mass is 360 g/mol. The minimum Gasteiger partial charge on any atom is -0.467 e. The smallest absolute Gasteiger partial charge is 0.258 e. The SMILES string of the molecule is O=C1NC2(CCN(Cc3cccc4nccnc34)CC2)Oc2ccccc21. The van der Waals surface area contributed by atoms with Crippen molar-refractivity contribution in [2.24, 2.45) is 0 Å². The Bertz CT molecular complexity index is 1010. The minimum atomic E-state index is -0.597. The van der Waals surface area contributed by atoms with Gasteiger partial charge in [0.05, 0.1) is 16.6 Å². The summed E-state index contributed by atoms with van der Waals surface area (Å²) in [6.07, 6.45) is 4.96. The number of carbonyl (C=O) groups is 1. The van der Waals surface area contributed by atoms with Crippen LogP contribution in [0.1, 0.15) is 28.8 Å². The molecule has 2 aliphatic heterocycles. The Balaban J connectivity index is 1.31. The number of amides is 1. The highest BCUT2D eigenvalue weighted by Gasteiger charge is 2.42. The van der Waals surface area contributed by atoms with E-state index in [1.54, 1.807) is 18.5 Å². The summed E-state index contributed by atoms with van der Waals surface area (Å²) < 4.78 is 6.22. The highest BCUT2D eigenvalue weighted by Crippen LogP contribution is 2.33. The van der Waals surface area contributed by atoms with Gasteiger partial charge in [-0.25, -0.2) is 0 Å². The summed E-state index contributed by atoms with van der Waals surface area (Å²) >= 11 is 0. The largest absolute Gasteiger partial charge is 0.467 e. The summed E-state index contributed by atoms with van der Waals surface area (Å²) in [4.78, 5) is 23.7. The number of likely N-dealkylation sites (tertiary alicyclic amines) is 1. The number of para-hydroxylation sites is 2. The third-order valence-electron chi connectivity index (χ3n) is 5.42. The fourth-order valence-corrected chi connectivity index (χ4v) is 3.97. The van der Waals surface area contributed by atoms with E-state index in [-0.39, 0.29) is 5.91 Å². The number of benzene rings is 2. The van der Waals surface area contributed by atoms with Gasteiger partial charge in [-0.1, -0.05) is 24.3 Å². The molecule has 6 heteroatoms. The highest BCUT2D eigenvalue weighted by molar-refractivity contribution is 5.98. The molecule has 1 aromatic heterocycles. The van der Waals surface area contributed by atoms with Crippen LogP contribution in [-0.2, 0) is 6.54 Å². The van der Waals surface area contributed by atoms with Gasteiger partial charge in [0, 0.05) is 44.9 Å². The summed E-state index contributed by atoms with van der Waals surface area (Å²) in [6.45, 7) is 2.51. The molecular formula is C21H20N4O2. The number of hydrogen-bond donors (Lipinski definition) is 1. The lowest BCUT2D eigenvalue weighted by atomic mass is 9.96. The number of ether oxygens (including phenoxy) is 1. The van der Waals surface area contributed by atoms with Crippen LogP contribution in [0.2, 0.25) is 0 Å². The van der Waals surface area contributed by atoms with Gasteiger partial charge in [0.25, 0.3) is 5.91 Å². The van der Waals surface area contributed by atoms with Crippen molar-refractivity contribution in [3.63, 3.8) is 0 Å². The molecule has 1 N–H and O–H groups in total. The van der Waals surface area contributed by atoms with Crippen LogP contribution in [0.3, 0.4) is 0 Å². The average molecular weight is 360 g/mol. The van der Waals surface area contributed by atoms with Crippen molar-refractivity contribution in [3.8, 4) is 5.75 Å². The predicted molar refractivity (Wildman–Crippen MR) is 101 cm³/mol. The summed E-state index contributed by atoms with van der Waals surface area (Å²) in [5.74, 6) is 0.633. The first kappa shape index (κ1) is 16.2. The molecule has 6 nitrogen and oxygen atoms in total. The molecule has 2 aliphatic rings. The van der Waals surface area contributed by atoms with Crippen molar-refractivity contribution in [2.45, 2.75) is 25.1 Å². The maximum atomic E-state index is 12.5. The van der Waals surface area contributed by atoms with Crippen LogP contribution in [0.4, 0.5) is 0 Å². The Morgan fingerprint density at radius 3 is 2.74 bits per heavy atom. The summed E-state index contributed by atoms with van der Waals surface area (Å²) in [5.41, 5.74) is 3.07. The molecule has 0 atom stereocenters. The molecule has 0 bridgehead atoms. The Morgan fingerprint density at radius 2 is 1.85 bits per heavy atom. The molecule has 3 heterocycles. The normalized spacial score (nSPS) is 18.7. The Labute approximate surface area is 157 Å². The molecule has 27 heavy (non-hydrogen) atoms. The van der Waals surface area contributed by atoms with Gasteiger partial charge in [-0.05, 0) is 23.8 Å². The maximum absolute atomic E-state index is 12.5. The number of hydrogen-bond acceptors (Lipinski definition) is 5. The van der Waals surface area contributed by atoms with Crippen molar-refractivity contribution in [2.75, 3.05) is 13.1 Å². The fraction of sp³-hybridized carbons (Fsp3) is 0.286. The average Bonchev–Trinajstić information content (AvgIpc) is 2.70. The van der Waals surface area contributed by atoms with E-state index in [1.807, 2.05) is 30.3 Å². The summed E-state index contributed by atoms with van der Waals surface area (Å²) in [5, 5.41) is 3.09. The molecule has 136 valence electrons. The third kappa shape index (κ3) is 2.92. The van der Waals surface area contributed by atoms with Gasteiger partial charge >= 0.3 is 0 Å². The molecule has 0 saturated carbocycles. The van der Waals surface area contributed by atoms with E-state index in [0.717, 1.165) is 43.5 Å². The van der Waals surface area contributed by atoms with Gasteiger partial charge in [0.2, 0.25) is 0 Å². The molecule has 0 radical (unpaired) electrons. The van der Waals surface area contributed by atoms with Gasteiger partial charge in [-0.3, -0.25) is 19.7 Å². The van der Waals surface area contributed by atoms with Gasteiger partial charge in [-0.2, -0.15) is 0 Å². The molecule has 1 fully saturated rings. The second kappa shape index (κ2) is 6.32. The predicted octanol–water partition coefficient (Wildman–Crippen LogP) is 2.74. The van der Waals surface area contributed by atoms with Crippen LogP contribution < -0.4 is 10.1 Å². The van der Waals surface area contributed by atoms with Crippen molar-refractivity contribution in [1.29, 1.82) is 0 Å². The lowest BCUT2D eigenvalue weighted by Gasteiger charge is -2.44. The molecule has 5 rings (SSSR count). The molecule has 0 aliphatic carbocycles. The van der Waals surface area contributed by atoms with Crippen LogP contribution in [0.25, 0.3) is 11.0 Å². The van der Waals surface area contributed by atoms with Gasteiger partial charge < -0.3 is 10.1 Å². The molecule has 3 aromatic rings. The zero-order valence-electron chi connectivity index (χ0n) is 14.9. The molecule has 1 saturated heterocycles. The van der Waals surface area contributed by atoms with E-state index in [1.165, 1.54) is 5.56 Å². The van der Waals surface area contributed by atoms with E-state index in [9.17, 15) is 4.79 Å². The molecule has 1 spiro atoms. The van der Waals surface area contributed by atoms with E-state index in [4.69, 9.17) is 4.74 Å². The van der Waals surface area contributed by atoms with Crippen LogP contribution in [0, 0.1) is 0 Å². The quantitative estimate of drug-likeness (QED) is 0.761. The lowest BCUT2D eigenvalue weighted by molar-refractivity contribution is -0.0303. The van der Waals surface area contributed by atoms with E-state index < -0.39 is 5.72 Å². The maximum Gasteiger partial charge on any atom is 0.258 e. The zero-order chi connectivity index (χ0) is 18.3. The van der Waals surface area contributed by atoms with Crippen LogP contribution >= 0.6 is 0 Å². The molecule has 1 amide bonds. The Kier molecular flexibility index (Phi) is 3.79. The topological polar surface area (TPSA) is 67.4 Å². The first-order chi connectivity index (χ1) is 13.2. The number of nitrogens with zero attached hydrogens (tertiary/aromatic N) is 3. The number of aromatic nitrogens is 2. The van der Waals surface area contributed by atoms with Gasteiger partial charge in [0.15, 0.2) is 5.72 Å². The minimum absolute atomic E-state index is 0.0466. The second-order valence-electron chi connectivity index (χ2n) is 7.16. The summed E-state index contributed by atoms with van der Waals surface area (Å²) in [7, 11) is 0. The van der Waals surface area contributed by atoms with Crippen LogP contribution in [0.5, 0.6) is 5.75 Å². The van der Waals surface area contributed by atoms with E-state index >= 15 is 0 Å². The molecule has 2 aromatic carbocycles. The van der Waals surface area contributed by atoms with E-state index in [2.05, 4.69) is 26.3 Å².